The summed E-state index contributed by atoms with van der Waals surface area (Å²) >= 11 is 6.08. The maximum Gasteiger partial charge on any atom is 0.326 e. The summed E-state index contributed by atoms with van der Waals surface area (Å²) in [6, 6.07) is 8.38. The first-order valence-electron chi connectivity index (χ1n) is 13.0. The van der Waals surface area contributed by atoms with E-state index in [0.717, 1.165) is 26.2 Å². The van der Waals surface area contributed by atoms with E-state index in [0.29, 0.717) is 54.0 Å². The van der Waals surface area contributed by atoms with Crippen LogP contribution in [0.5, 0.6) is 0 Å². The highest BCUT2D eigenvalue weighted by Crippen LogP contribution is 2.36. The second kappa shape index (κ2) is 12.1. The smallest absolute Gasteiger partial charge is 0.326 e. The van der Waals surface area contributed by atoms with Crippen molar-refractivity contribution in [3.05, 3.63) is 53.4 Å². The number of likely N-dealkylation sites (N-methyl/N-ethyl adjacent to an activating group) is 1. The van der Waals surface area contributed by atoms with Crippen LogP contribution in [0.4, 0.5) is 27.4 Å². The van der Waals surface area contributed by atoms with Crippen molar-refractivity contribution in [3.8, 4) is 11.3 Å². The first-order chi connectivity index (χ1) is 19.3. The zero-order valence-corrected chi connectivity index (χ0v) is 22.7. The van der Waals surface area contributed by atoms with Crippen LogP contribution in [0.3, 0.4) is 0 Å². The zero-order chi connectivity index (χ0) is 28.2. The number of carbonyl (C=O) groups is 2. The highest BCUT2D eigenvalue weighted by Gasteiger charge is 2.37. The molecule has 2 aromatic heterocycles. The quantitative estimate of drug-likeness (QED) is 0.354. The largest absolute Gasteiger partial charge is 0.480 e. The van der Waals surface area contributed by atoms with E-state index in [1.165, 1.54) is 18.2 Å². The second-order valence-electron chi connectivity index (χ2n) is 9.92. The van der Waals surface area contributed by atoms with Crippen molar-refractivity contribution in [3.63, 3.8) is 0 Å². The van der Waals surface area contributed by atoms with Gasteiger partial charge in [0.25, 0.3) is 0 Å². The molecule has 1 amide bonds. The molecule has 3 aromatic rings. The van der Waals surface area contributed by atoms with Crippen molar-refractivity contribution >= 4 is 46.5 Å². The monoisotopic (exact) mass is 568 g/mol. The fourth-order valence-corrected chi connectivity index (χ4v) is 4.85. The van der Waals surface area contributed by atoms with Gasteiger partial charge in [0.05, 0.1) is 11.4 Å². The van der Waals surface area contributed by atoms with Crippen LogP contribution in [0.15, 0.2) is 42.6 Å². The molecular weight excluding hydrogens is 539 g/mol. The van der Waals surface area contributed by atoms with Crippen molar-refractivity contribution in [1.82, 2.24) is 25.0 Å². The molecule has 1 aromatic carbocycles. The van der Waals surface area contributed by atoms with Crippen LogP contribution >= 0.6 is 11.6 Å². The van der Waals surface area contributed by atoms with Crippen LogP contribution in [0.2, 0.25) is 5.02 Å². The molecule has 40 heavy (non-hydrogen) atoms. The summed E-state index contributed by atoms with van der Waals surface area (Å²) in [5.74, 6) is -0.937. The molecule has 0 radical (unpaired) electrons. The number of aliphatic carboxylic acids is 1. The fraction of sp³-hybridized carbons (Fsp3) is 0.370. The highest BCUT2D eigenvalue weighted by atomic mass is 35.5. The molecule has 0 saturated carbocycles. The van der Waals surface area contributed by atoms with Gasteiger partial charge in [0.15, 0.2) is 5.82 Å². The minimum Gasteiger partial charge on any atom is -0.480 e. The molecule has 2 aliphatic rings. The zero-order valence-electron chi connectivity index (χ0n) is 22.0. The molecular formula is C27H30ClFN8O3. The normalized spacial score (nSPS) is 17.8. The topological polar surface area (TPSA) is 127 Å². The van der Waals surface area contributed by atoms with Gasteiger partial charge in [-0.2, -0.15) is 0 Å². The number of carbonyl (C=O) groups excluding carboxylic acids is 1. The van der Waals surface area contributed by atoms with Crippen LogP contribution < -0.4 is 15.5 Å². The fourth-order valence-electron chi connectivity index (χ4n) is 4.68. The molecule has 5 rings (SSSR count). The number of pyridine rings is 1. The highest BCUT2D eigenvalue weighted by molar-refractivity contribution is 6.30. The number of halogens is 2. The number of carboxylic acids is 1. The Hall–Kier alpha value is -3.87. The number of amides is 1. The Bertz CT molecular complexity index is 1400. The summed E-state index contributed by atoms with van der Waals surface area (Å²) in [5.41, 5.74) is 1.39. The van der Waals surface area contributed by atoms with Gasteiger partial charge in [0, 0.05) is 74.2 Å². The number of benzene rings is 1. The van der Waals surface area contributed by atoms with E-state index in [1.807, 2.05) is 0 Å². The van der Waals surface area contributed by atoms with Crippen LogP contribution in [0.1, 0.15) is 12.8 Å². The van der Waals surface area contributed by atoms with E-state index in [4.69, 9.17) is 11.6 Å². The van der Waals surface area contributed by atoms with E-state index in [2.05, 4.69) is 42.7 Å². The van der Waals surface area contributed by atoms with E-state index >= 15 is 0 Å². The van der Waals surface area contributed by atoms with Gasteiger partial charge in [-0.05, 0) is 43.8 Å². The Labute approximate surface area is 236 Å². The Kier molecular flexibility index (Phi) is 8.38. The van der Waals surface area contributed by atoms with E-state index in [1.54, 1.807) is 29.3 Å². The summed E-state index contributed by atoms with van der Waals surface area (Å²) in [7, 11) is 2.09. The first-order valence-corrected chi connectivity index (χ1v) is 13.4. The summed E-state index contributed by atoms with van der Waals surface area (Å²) < 4.78 is 14.6. The van der Waals surface area contributed by atoms with Crippen molar-refractivity contribution in [1.29, 1.82) is 0 Å². The maximum absolute atomic E-state index is 14.6. The predicted molar refractivity (Wildman–Crippen MR) is 151 cm³/mol. The molecule has 2 fully saturated rings. The van der Waals surface area contributed by atoms with Gasteiger partial charge in [-0.15, -0.1) is 10.2 Å². The third kappa shape index (κ3) is 6.46. The van der Waals surface area contributed by atoms with Gasteiger partial charge >= 0.3 is 5.97 Å². The van der Waals surface area contributed by atoms with Gasteiger partial charge < -0.3 is 30.4 Å². The molecule has 0 spiro atoms. The van der Waals surface area contributed by atoms with Crippen LogP contribution in [0, 0.1) is 5.82 Å². The number of aromatic nitrogens is 3. The molecule has 2 aliphatic heterocycles. The molecule has 2 saturated heterocycles. The maximum atomic E-state index is 14.6. The van der Waals surface area contributed by atoms with Gasteiger partial charge in [0.2, 0.25) is 5.91 Å². The lowest BCUT2D eigenvalue weighted by Gasteiger charge is -2.39. The molecule has 0 aliphatic carbocycles. The van der Waals surface area contributed by atoms with E-state index < -0.39 is 17.8 Å². The molecule has 210 valence electrons. The molecule has 0 bridgehead atoms. The Morgan fingerprint density at radius 2 is 1.90 bits per heavy atom. The molecule has 4 heterocycles. The summed E-state index contributed by atoms with van der Waals surface area (Å²) in [5, 5.41) is 24.4. The molecule has 3 N–H and O–H groups in total. The Morgan fingerprint density at radius 1 is 1.10 bits per heavy atom. The lowest BCUT2D eigenvalue weighted by atomic mass is 10.0. The van der Waals surface area contributed by atoms with Gasteiger partial charge in [-0.1, -0.05) is 11.6 Å². The SMILES string of the molecule is CN1CCN(CCC(=O)Nc2cc(Nc3cc(-c4cc(Cl)ccc4F)nnc3N3CCC3C(=O)O)ccn2)CC1. The summed E-state index contributed by atoms with van der Waals surface area (Å²) in [6.45, 7) is 5.00. The number of anilines is 4. The predicted octanol–water partition coefficient (Wildman–Crippen LogP) is 3.31. The number of hydrogen-bond acceptors (Lipinski definition) is 9. The Morgan fingerprint density at radius 3 is 2.62 bits per heavy atom. The number of nitrogens with zero attached hydrogens (tertiary/aromatic N) is 6. The second-order valence-corrected chi connectivity index (χ2v) is 10.4. The number of rotatable bonds is 9. The number of piperazine rings is 1. The van der Waals surface area contributed by atoms with Crippen LogP contribution in [0.25, 0.3) is 11.3 Å². The Balaban J connectivity index is 1.34. The lowest BCUT2D eigenvalue weighted by Crippen LogP contribution is -2.53. The average Bonchev–Trinajstić information content (AvgIpc) is 2.90. The minimum absolute atomic E-state index is 0.140. The van der Waals surface area contributed by atoms with Crippen LogP contribution in [-0.4, -0.2) is 94.3 Å². The van der Waals surface area contributed by atoms with Gasteiger partial charge in [0.1, 0.15) is 17.7 Å². The lowest BCUT2D eigenvalue weighted by molar-refractivity contribution is -0.140. The van der Waals surface area contributed by atoms with Crippen LogP contribution in [-0.2, 0) is 9.59 Å². The van der Waals surface area contributed by atoms with Crippen molar-refractivity contribution in [2.75, 3.05) is 61.8 Å². The third-order valence-electron chi connectivity index (χ3n) is 7.11. The first kappa shape index (κ1) is 27.7. The number of nitrogens with one attached hydrogen (secondary N) is 2. The van der Waals surface area contributed by atoms with Gasteiger partial charge in [-0.3, -0.25) is 4.79 Å². The average molecular weight is 569 g/mol. The number of hydrogen-bond donors (Lipinski definition) is 3. The van der Waals surface area contributed by atoms with E-state index in [9.17, 15) is 19.1 Å². The van der Waals surface area contributed by atoms with Gasteiger partial charge in [-0.25, -0.2) is 14.2 Å². The molecule has 13 heteroatoms. The minimum atomic E-state index is -0.963. The molecule has 11 nitrogen and oxygen atoms in total. The molecule has 1 atom stereocenters. The van der Waals surface area contributed by atoms with Crippen molar-refractivity contribution in [2.24, 2.45) is 0 Å². The van der Waals surface area contributed by atoms with Crippen molar-refractivity contribution in [2.45, 2.75) is 18.9 Å². The summed E-state index contributed by atoms with van der Waals surface area (Å²) in [6.07, 6.45) is 2.37. The molecule has 1 unspecified atom stereocenters. The standard InChI is InChI=1S/C27H30ClFN8O3/c1-35-10-12-36(13-11-35)8-6-25(38)32-24-15-18(4-7-30-24)31-22-16-21(19-14-17(28)2-3-20(19)29)33-34-26(22)37-9-5-23(37)27(39)40/h2-4,7,14-16,23H,5-6,8-13H2,1H3,(H,39,40)(H2,30,31,32,33,38). The summed E-state index contributed by atoms with van der Waals surface area (Å²) in [4.78, 5) is 34.7. The third-order valence-corrected chi connectivity index (χ3v) is 7.35. The van der Waals surface area contributed by atoms with E-state index in [-0.39, 0.29) is 17.2 Å². The van der Waals surface area contributed by atoms with Crippen molar-refractivity contribution < 1.29 is 19.1 Å². The number of carboxylic acid groups (broad SMARTS) is 1.